The van der Waals surface area contributed by atoms with Crippen molar-refractivity contribution in [3.8, 4) is 0 Å². The summed E-state index contributed by atoms with van der Waals surface area (Å²) in [5.74, 6) is 0.194. The quantitative estimate of drug-likeness (QED) is 0.897. The molecule has 0 aliphatic carbocycles. The van der Waals surface area contributed by atoms with E-state index >= 15 is 0 Å². The molecule has 5 nitrogen and oxygen atoms in total. The zero-order chi connectivity index (χ0) is 16.1. The van der Waals surface area contributed by atoms with Gasteiger partial charge in [0.15, 0.2) is 0 Å². The normalized spacial score (nSPS) is 21.5. The van der Waals surface area contributed by atoms with Crippen molar-refractivity contribution >= 4 is 17.5 Å². The fourth-order valence-corrected chi connectivity index (χ4v) is 2.74. The molecule has 2 amide bonds. The Bertz CT molecular complexity index is 516. The highest BCUT2D eigenvalue weighted by Gasteiger charge is 2.32. The van der Waals surface area contributed by atoms with Gasteiger partial charge in [-0.25, -0.2) is 0 Å². The van der Waals surface area contributed by atoms with Crippen molar-refractivity contribution in [2.45, 2.75) is 25.8 Å². The highest BCUT2D eigenvalue weighted by Crippen LogP contribution is 2.21. The molecule has 1 aromatic carbocycles. The summed E-state index contributed by atoms with van der Waals surface area (Å²) in [4.78, 5) is 28.4. The second-order valence-electron chi connectivity index (χ2n) is 6.29. The standard InChI is InChI=1S/C17H25N3O2/c1-13-11-15(18-16(21)12-13)17(22)20(10-9-19(2)3)14-7-5-4-6-8-14/h4-8,13,15H,9-12H2,1-3H3,(H,18,21)/t13-,15-/m0/s1. The first kappa shape index (κ1) is 16.5. The molecule has 1 aliphatic heterocycles. The number of carbonyl (C=O) groups is 2. The molecule has 5 heteroatoms. The maximum atomic E-state index is 12.9. The third kappa shape index (κ3) is 4.31. The van der Waals surface area contributed by atoms with E-state index in [9.17, 15) is 9.59 Å². The lowest BCUT2D eigenvalue weighted by Crippen LogP contribution is -2.53. The molecule has 0 aromatic heterocycles. The number of para-hydroxylation sites is 1. The van der Waals surface area contributed by atoms with Crippen molar-refractivity contribution in [2.24, 2.45) is 5.92 Å². The van der Waals surface area contributed by atoms with Gasteiger partial charge in [-0.3, -0.25) is 9.59 Å². The Kier molecular flexibility index (Phi) is 5.55. The molecule has 1 aliphatic rings. The lowest BCUT2D eigenvalue weighted by atomic mass is 9.93. The van der Waals surface area contributed by atoms with Crippen molar-refractivity contribution < 1.29 is 9.59 Å². The van der Waals surface area contributed by atoms with E-state index in [2.05, 4.69) is 5.32 Å². The van der Waals surface area contributed by atoms with Gasteiger partial charge in [0.05, 0.1) is 0 Å². The molecule has 2 rings (SSSR count). The van der Waals surface area contributed by atoms with Crippen molar-refractivity contribution in [1.82, 2.24) is 10.2 Å². The van der Waals surface area contributed by atoms with E-state index in [0.717, 1.165) is 12.2 Å². The van der Waals surface area contributed by atoms with E-state index in [1.807, 2.05) is 56.3 Å². The summed E-state index contributed by atoms with van der Waals surface area (Å²) in [7, 11) is 3.97. The van der Waals surface area contributed by atoms with Gasteiger partial charge in [0.2, 0.25) is 11.8 Å². The van der Waals surface area contributed by atoms with Crippen LogP contribution in [0, 0.1) is 5.92 Å². The molecule has 1 heterocycles. The molecular weight excluding hydrogens is 278 g/mol. The first-order valence-electron chi connectivity index (χ1n) is 7.78. The average Bonchev–Trinajstić information content (AvgIpc) is 2.47. The molecule has 0 spiro atoms. The summed E-state index contributed by atoms with van der Waals surface area (Å²) < 4.78 is 0. The fraction of sp³-hybridized carbons (Fsp3) is 0.529. The number of rotatable bonds is 5. The SMILES string of the molecule is C[C@@H]1CC(=O)N[C@H](C(=O)N(CCN(C)C)c2ccccc2)C1. The van der Waals surface area contributed by atoms with Gasteiger partial charge in [-0.1, -0.05) is 25.1 Å². The Morgan fingerprint density at radius 2 is 1.91 bits per heavy atom. The maximum Gasteiger partial charge on any atom is 0.249 e. The Morgan fingerprint density at radius 1 is 1.23 bits per heavy atom. The summed E-state index contributed by atoms with van der Waals surface area (Å²) in [6, 6.07) is 9.23. The number of nitrogens with zero attached hydrogens (tertiary/aromatic N) is 2. The first-order chi connectivity index (χ1) is 10.5. The van der Waals surface area contributed by atoms with Gasteiger partial charge in [0, 0.05) is 25.2 Å². The van der Waals surface area contributed by atoms with Crippen LogP contribution in [0.3, 0.4) is 0 Å². The second-order valence-corrected chi connectivity index (χ2v) is 6.29. The van der Waals surface area contributed by atoms with Gasteiger partial charge in [-0.2, -0.15) is 0 Å². The zero-order valence-electron chi connectivity index (χ0n) is 13.6. The van der Waals surface area contributed by atoms with E-state index in [-0.39, 0.29) is 17.7 Å². The molecule has 0 unspecified atom stereocenters. The minimum absolute atomic E-state index is 0.0204. The van der Waals surface area contributed by atoms with Gasteiger partial charge in [-0.15, -0.1) is 0 Å². The Morgan fingerprint density at radius 3 is 2.50 bits per heavy atom. The van der Waals surface area contributed by atoms with Crippen LogP contribution < -0.4 is 10.2 Å². The lowest BCUT2D eigenvalue weighted by Gasteiger charge is -2.32. The van der Waals surface area contributed by atoms with E-state index in [4.69, 9.17) is 0 Å². The number of hydrogen-bond acceptors (Lipinski definition) is 3. The van der Waals surface area contributed by atoms with Gasteiger partial charge in [-0.05, 0) is 38.6 Å². The molecule has 1 aromatic rings. The highest BCUT2D eigenvalue weighted by atomic mass is 16.2. The number of benzene rings is 1. The smallest absolute Gasteiger partial charge is 0.249 e. The largest absolute Gasteiger partial charge is 0.344 e. The van der Waals surface area contributed by atoms with Gasteiger partial charge < -0.3 is 15.1 Å². The number of amides is 2. The minimum Gasteiger partial charge on any atom is -0.344 e. The van der Waals surface area contributed by atoms with E-state index in [0.29, 0.717) is 19.4 Å². The Hall–Kier alpha value is -1.88. The third-order valence-electron chi connectivity index (χ3n) is 3.91. The molecule has 0 radical (unpaired) electrons. The summed E-state index contributed by atoms with van der Waals surface area (Å²) in [5.41, 5.74) is 0.877. The number of likely N-dealkylation sites (N-methyl/N-ethyl adjacent to an activating group) is 1. The fourth-order valence-electron chi connectivity index (χ4n) is 2.74. The number of carbonyl (C=O) groups excluding carboxylic acids is 2. The van der Waals surface area contributed by atoms with Crippen molar-refractivity contribution in [3.05, 3.63) is 30.3 Å². The summed E-state index contributed by atoms with van der Waals surface area (Å²) >= 11 is 0. The predicted molar refractivity (Wildman–Crippen MR) is 87.7 cm³/mol. The molecule has 22 heavy (non-hydrogen) atoms. The summed E-state index contributed by atoms with van der Waals surface area (Å²) in [6.07, 6.45) is 1.21. The van der Waals surface area contributed by atoms with Crippen LogP contribution in [-0.4, -0.2) is 49.9 Å². The van der Waals surface area contributed by atoms with Crippen LogP contribution in [-0.2, 0) is 9.59 Å². The predicted octanol–water partition coefficient (Wildman–Crippen LogP) is 1.50. The van der Waals surface area contributed by atoms with E-state index in [1.165, 1.54) is 0 Å². The molecule has 0 bridgehead atoms. The first-order valence-corrected chi connectivity index (χ1v) is 7.78. The van der Waals surface area contributed by atoms with Crippen LogP contribution in [0.4, 0.5) is 5.69 Å². The molecule has 0 saturated carbocycles. The van der Waals surface area contributed by atoms with Crippen LogP contribution in [0.5, 0.6) is 0 Å². The molecule has 1 fully saturated rings. The third-order valence-corrected chi connectivity index (χ3v) is 3.91. The number of anilines is 1. The van der Waals surface area contributed by atoms with Crippen LogP contribution in [0.25, 0.3) is 0 Å². The average molecular weight is 303 g/mol. The topological polar surface area (TPSA) is 52.7 Å². The molecule has 1 saturated heterocycles. The van der Waals surface area contributed by atoms with Gasteiger partial charge >= 0.3 is 0 Å². The van der Waals surface area contributed by atoms with E-state index < -0.39 is 6.04 Å². The number of piperidine rings is 1. The Labute approximate surface area is 132 Å². The van der Waals surface area contributed by atoms with Crippen molar-refractivity contribution in [1.29, 1.82) is 0 Å². The zero-order valence-corrected chi connectivity index (χ0v) is 13.6. The van der Waals surface area contributed by atoms with Crippen LogP contribution in [0.1, 0.15) is 19.8 Å². The van der Waals surface area contributed by atoms with Crippen molar-refractivity contribution in [3.63, 3.8) is 0 Å². The van der Waals surface area contributed by atoms with Gasteiger partial charge in [0.25, 0.3) is 0 Å². The molecule has 2 atom stereocenters. The summed E-state index contributed by atoms with van der Waals surface area (Å²) in [5, 5.41) is 2.84. The summed E-state index contributed by atoms with van der Waals surface area (Å²) in [6.45, 7) is 3.40. The van der Waals surface area contributed by atoms with Crippen molar-refractivity contribution in [2.75, 3.05) is 32.1 Å². The van der Waals surface area contributed by atoms with Crippen LogP contribution in [0.15, 0.2) is 30.3 Å². The maximum absolute atomic E-state index is 12.9. The molecule has 1 N–H and O–H groups in total. The van der Waals surface area contributed by atoms with Crippen LogP contribution >= 0.6 is 0 Å². The van der Waals surface area contributed by atoms with Crippen LogP contribution in [0.2, 0.25) is 0 Å². The highest BCUT2D eigenvalue weighted by molar-refractivity contribution is 5.99. The lowest BCUT2D eigenvalue weighted by molar-refractivity contribution is -0.130. The Balaban J connectivity index is 2.16. The van der Waals surface area contributed by atoms with Gasteiger partial charge in [0.1, 0.15) is 6.04 Å². The minimum atomic E-state index is -0.418. The number of hydrogen-bond donors (Lipinski definition) is 1. The molecule has 120 valence electrons. The van der Waals surface area contributed by atoms with E-state index in [1.54, 1.807) is 4.90 Å². The monoisotopic (exact) mass is 303 g/mol. The molecular formula is C17H25N3O2. The number of nitrogens with one attached hydrogen (secondary N) is 1. The second kappa shape index (κ2) is 7.40.